The van der Waals surface area contributed by atoms with Crippen LogP contribution in [-0.2, 0) is 4.79 Å². The van der Waals surface area contributed by atoms with E-state index in [0.29, 0.717) is 24.5 Å². The van der Waals surface area contributed by atoms with Crippen molar-refractivity contribution in [3.05, 3.63) is 72.4 Å². The van der Waals surface area contributed by atoms with Crippen molar-refractivity contribution in [3.63, 3.8) is 0 Å². The normalized spacial score (nSPS) is 10.5. The van der Waals surface area contributed by atoms with E-state index in [-0.39, 0.29) is 24.5 Å². The second-order valence-electron chi connectivity index (χ2n) is 5.82. The number of Topliss-reactive ketones (excluding diaryl/α,β-unsaturated/α-hetero) is 1. The molecule has 1 amide bonds. The highest BCUT2D eigenvalue weighted by molar-refractivity contribution is 5.97. The van der Waals surface area contributed by atoms with Crippen LogP contribution in [0.3, 0.4) is 0 Å². The maximum absolute atomic E-state index is 12.0. The van der Waals surface area contributed by atoms with Gasteiger partial charge in [0, 0.05) is 30.0 Å². The molecule has 0 bridgehead atoms. The summed E-state index contributed by atoms with van der Waals surface area (Å²) in [6, 6.07) is 18.6. The Kier molecular flexibility index (Phi) is 5.93. The van der Waals surface area contributed by atoms with Gasteiger partial charge in [0.25, 0.3) is 0 Å². The predicted octanol–water partition coefficient (Wildman–Crippen LogP) is 3.39. The summed E-state index contributed by atoms with van der Waals surface area (Å²) in [5.74, 6) is 0.504. The Hall–Kier alpha value is -3.21. The van der Waals surface area contributed by atoms with Crippen molar-refractivity contribution < 1.29 is 14.3 Å². The van der Waals surface area contributed by atoms with Crippen LogP contribution in [0.5, 0.6) is 5.75 Å². The minimum absolute atomic E-state index is 0.0289. The van der Waals surface area contributed by atoms with Crippen molar-refractivity contribution in [2.45, 2.75) is 12.8 Å². The SMILES string of the molecule is O=C(CCC(=O)c1ccccc1)NCCOc1cccc2cccnc12. The van der Waals surface area contributed by atoms with Crippen LogP contribution in [0.2, 0.25) is 0 Å². The Morgan fingerprint density at radius 2 is 1.73 bits per heavy atom. The number of nitrogens with one attached hydrogen (secondary N) is 1. The molecule has 26 heavy (non-hydrogen) atoms. The lowest BCUT2D eigenvalue weighted by molar-refractivity contribution is -0.121. The van der Waals surface area contributed by atoms with Crippen molar-refractivity contribution in [2.24, 2.45) is 0 Å². The number of benzene rings is 2. The molecule has 0 fully saturated rings. The van der Waals surface area contributed by atoms with E-state index in [2.05, 4.69) is 10.3 Å². The van der Waals surface area contributed by atoms with Gasteiger partial charge in [-0.25, -0.2) is 0 Å². The van der Waals surface area contributed by atoms with E-state index in [1.807, 2.05) is 48.5 Å². The van der Waals surface area contributed by atoms with Crippen LogP contribution in [0.25, 0.3) is 10.9 Å². The predicted molar refractivity (Wildman–Crippen MR) is 100 cm³/mol. The van der Waals surface area contributed by atoms with Crippen molar-refractivity contribution in [2.75, 3.05) is 13.2 Å². The van der Waals surface area contributed by atoms with Gasteiger partial charge < -0.3 is 10.1 Å². The quantitative estimate of drug-likeness (QED) is 0.500. The van der Waals surface area contributed by atoms with Crippen LogP contribution in [0.1, 0.15) is 23.2 Å². The van der Waals surface area contributed by atoms with Crippen LogP contribution in [0.4, 0.5) is 0 Å². The van der Waals surface area contributed by atoms with Gasteiger partial charge in [-0.2, -0.15) is 0 Å². The second kappa shape index (κ2) is 8.76. The Labute approximate surface area is 152 Å². The minimum Gasteiger partial charge on any atom is -0.489 e. The molecule has 5 heteroatoms. The van der Waals surface area contributed by atoms with Gasteiger partial charge in [0.2, 0.25) is 5.91 Å². The molecule has 0 saturated carbocycles. The Morgan fingerprint density at radius 1 is 0.923 bits per heavy atom. The number of para-hydroxylation sites is 1. The highest BCUT2D eigenvalue weighted by Gasteiger charge is 2.09. The first kappa shape index (κ1) is 17.6. The largest absolute Gasteiger partial charge is 0.489 e. The Bertz CT molecular complexity index is 889. The number of amides is 1. The average Bonchev–Trinajstić information content (AvgIpc) is 2.70. The van der Waals surface area contributed by atoms with Crippen molar-refractivity contribution >= 4 is 22.6 Å². The van der Waals surface area contributed by atoms with Crippen LogP contribution >= 0.6 is 0 Å². The molecule has 5 nitrogen and oxygen atoms in total. The number of nitrogens with zero attached hydrogens (tertiary/aromatic N) is 1. The van der Waals surface area contributed by atoms with E-state index in [9.17, 15) is 9.59 Å². The van der Waals surface area contributed by atoms with Gasteiger partial charge >= 0.3 is 0 Å². The molecule has 0 radical (unpaired) electrons. The lowest BCUT2D eigenvalue weighted by atomic mass is 10.1. The third-order valence-corrected chi connectivity index (χ3v) is 3.95. The molecule has 1 heterocycles. The number of rotatable bonds is 8. The van der Waals surface area contributed by atoms with Gasteiger partial charge in [-0.05, 0) is 12.1 Å². The number of ketones is 1. The van der Waals surface area contributed by atoms with Crippen molar-refractivity contribution in [1.29, 1.82) is 0 Å². The third-order valence-electron chi connectivity index (χ3n) is 3.95. The number of hydrogen-bond acceptors (Lipinski definition) is 4. The molecule has 0 aliphatic heterocycles. The van der Waals surface area contributed by atoms with E-state index in [4.69, 9.17) is 4.74 Å². The monoisotopic (exact) mass is 348 g/mol. The summed E-state index contributed by atoms with van der Waals surface area (Å²) >= 11 is 0. The van der Waals surface area contributed by atoms with Crippen LogP contribution in [0, 0.1) is 0 Å². The smallest absolute Gasteiger partial charge is 0.220 e. The number of ether oxygens (including phenoxy) is 1. The van der Waals surface area contributed by atoms with Gasteiger partial charge in [0.05, 0.1) is 6.54 Å². The molecule has 0 aliphatic carbocycles. The van der Waals surface area contributed by atoms with Crippen LogP contribution < -0.4 is 10.1 Å². The molecule has 3 aromatic rings. The van der Waals surface area contributed by atoms with Crippen molar-refractivity contribution in [1.82, 2.24) is 10.3 Å². The lowest BCUT2D eigenvalue weighted by Gasteiger charge is -2.09. The molecule has 0 spiro atoms. The number of hydrogen-bond donors (Lipinski definition) is 1. The molecule has 2 aromatic carbocycles. The summed E-state index contributed by atoms with van der Waals surface area (Å²) in [6.45, 7) is 0.718. The van der Waals surface area contributed by atoms with Gasteiger partial charge in [-0.15, -0.1) is 0 Å². The van der Waals surface area contributed by atoms with E-state index in [1.165, 1.54) is 0 Å². The molecular weight excluding hydrogens is 328 g/mol. The molecule has 1 aromatic heterocycles. The molecule has 132 valence electrons. The molecule has 0 atom stereocenters. The standard InChI is InChI=1S/C21H20N2O3/c24-18(16-6-2-1-3-7-16)11-12-20(25)22-14-15-26-19-10-4-8-17-9-5-13-23-21(17)19/h1-10,13H,11-12,14-15H2,(H,22,25). The first-order chi connectivity index (χ1) is 12.7. The van der Waals surface area contributed by atoms with E-state index < -0.39 is 0 Å². The summed E-state index contributed by atoms with van der Waals surface area (Å²) in [5.41, 5.74) is 1.43. The summed E-state index contributed by atoms with van der Waals surface area (Å²) < 4.78 is 5.72. The lowest BCUT2D eigenvalue weighted by Crippen LogP contribution is -2.28. The summed E-state index contributed by atoms with van der Waals surface area (Å²) in [4.78, 5) is 28.2. The molecule has 0 unspecified atom stereocenters. The van der Waals surface area contributed by atoms with Crippen molar-refractivity contribution in [3.8, 4) is 5.75 Å². The molecular formula is C21H20N2O3. The van der Waals surface area contributed by atoms with Gasteiger partial charge in [0.15, 0.2) is 5.78 Å². The fourth-order valence-electron chi connectivity index (χ4n) is 2.63. The molecule has 0 aliphatic rings. The minimum atomic E-state index is -0.158. The first-order valence-electron chi connectivity index (χ1n) is 8.55. The zero-order valence-electron chi connectivity index (χ0n) is 14.4. The average molecular weight is 348 g/mol. The number of aromatic nitrogens is 1. The van der Waals surface area contributed by atoms with Gasteiger partial charge in [-0.1, -0.05) is 48.5 Å². The van der Waals surface area contributed by atoms with Crippen LogP contribution in [0.15, 0.2) is 66.9 Å². The summed E-state index contributed by atoms with van der Waals surface area (Å²) in [5, 5.41) is 3.78. The highest BCUT2D eigenvalue weighted by Crippen LogP contribution is 2.22. The second-order valence-corrected chi connectivity index (χ2v) is 5.82. The zero-order valence-corrected chi connectivity index (χ0v) is 14.4. The Balaban J connectivity index is 1.41. The van der Waals surface area contributed by atoms with Crippen LogP contribution in [-0.4, -0.2) is 29.8 Å². The summed E-state index contributed by atoms with van der Waals surface area (Å²) in [7, 11) is 0. The number of pyridine rings is 1. The fourth-order valence-corrected chi connectivity index (χ4v) is 2.63. The Morgan fingerprint density at radius 3 is 2.58 bits per heavy atom. The van der Waals surface area contributed by atoms with E-state index in [0.717, 1.165) is 10.9 Å². The third kappa shape index (κ3) is 4.66. The van der Waals surface area contributed by atoms with E-state index in [1.54, 1.807) is 18.3 Å². The summed E-state index contributed by atoms with van der Waals surface area (Å²) in [6.07, 6.45) is 2.09. The number of carbonyl (C=O) groups excluding carboxylic acids is 2. The number of carbonyl (C=O) groups is 2. The van der Waals surface area contributed by atoms with Gasteiger partial charge in [0.1, 0.15) is 17.9 Å². The first-order valence-corrected chi connectivity index (χ1v) is 8.55. The highest BCUT2D eigenvalue weighted by atomic mass is 16.5. The number of fused-ring (bicyclic) bond motifs is 1. The maximum Gasteiger partial charge on any atom is 0.220 e. The molecule has 0 saturated heterocycles. The van der Waals surface area contributed by atoms with E-state index >= 15 is 0 Å². The van der Waals surface area contributed by atoms with Gasteiger partial charge in [-0.3, -0.25) is 14.6 Å². The molecule has 1 N–H and O–H groups in total. The zero-order chi connectivity index (χ0) is 18.2. The fraction of sp³-hybridized carbons (Fsp3) is 0.190. The maximum atomic E-state index is 12.0. The molecule has 3 rings (SSSR count). The topological polar surface area (TPSA) is 68.3 Å².